The van der Waals surface area contributed by atoms with Gasteiger partial charge in [0, 0.05) is 10.9 Å². The number of hydrogen-bond acceptors (Lipinski definition) is 3. The van der Waals surface area contributed by atoms with Crippen LogP contribution in [-0.2, 0) is 0 Å². The van der Waals surface area contributed by atoms with E-state index in [1.54, 1.807) is 0 Å². The van der Waals surface area contributed by atoms with Gasteiger partial charge in [0.25, 0.3) is 0 Å². The lowest BCUT2D eigenvalue weighted by Crippen LogP contribution is -2.17. The minimum absolute atomic E-state index is 0.493. The third-order valence-corrected chi connectivity index (χ3v) is 2.72. The molecule has 0 saturated carbocycles. The van der Waals surface area contributed by atoms with Gasteiger partial charge in [-0.25, -0.2) is 0 Å². The van der Waals surface area contributed by atoms with Crippen LogP contribution in [0.2, 0.25) is 0 Å². The Morgan fingerprint density at radius 2 is 2.14 bits per heavy atom. The number of para-hydroxylation sites is 1. The SMILES string of the molecule is OC(CBr)c1cccc2c1OCCO2. The Kier molecular flexibility index (Phi) is 2.93. The van der Waals surface area contributed by atoms with E-state index in [0.717, 1.165) is 5.56 Å². The van der Waals surface area contributed by atoms with Gasteiger partial charge in [-0.05, 0) is 6.07 Å². The Morgan fingerprint density at radius 1 is 1.36 bits per heavy atom. The van der Waals surface area contributed by atoms with Gasteiger partial charge in [0.2, 0.25) is 0 Å². The molecule has 1 unspecified atom stereocenters. The summed E-state index contributed by atoms with van der Waals surface area (Å²) >= 11 is 3.23. The summed E-state index contributed by atoms with van der Waals surface area (Å²) in [6, 6.07) is 5.55. The van der Waals surface area contributed by atoms with Gasteiger partial charge in [0.1, 0.15) is 13.2 Å². The summed E-state index contributed by atoms with van der Waals surface area (Å²) < 4.78 is 10.9. The highest BCUT2D eigenvalue weighted by Crippen LogP contribution is 2.37. The van der Waals surface area contributed by atoms with E-state index in [1.165, 1.54) is 0 Å². The monoisotopic (exact) mass is 258 g/mol. The average molecular weight is 259 g/mol. The zero-order valence-corrected chi connectivity index (χ0v) is 9.16. The topological polar surface area (TPSA) is 38.7 Å². The number of alkyl halides is 1. The lowest BCUT2D eigenvalue weighted by molar-refractivity contribution is 0.155. The highest BCUT2D eigenvalue weighted by Gasteiger charge is 2.19. The number of ether oxygens (including phenoxy) is 2. The van der Waals surface area contributed by atoms with E-state index in [4.69, 9.17) is 9.47 Å². The van der Waals surface area contributed by atoms with Gasteiger partial charge >= 0.3 is 0 Å². The zero-order chi connectivity index (χ0) is 9.97. The van der Waals surface area contributed by atoms with Crippen molar-refractivity contribution < 1.29 is 14.6 Å². The van der Waals surface area contributed by atoms with Crippen molar-refractivity contribution in [3.05, 3.63) is 23.8 Å². The first-order valence-electron chi connectivity index (χ1n) is 4.45. The van der Waals surface area contributed by atoms with Crippen molar-refractivity contribution in [2.24, 2.45) is 0 Å². The molecule has 0 aromatic heterocycles. The molecule has 1 aliphatic rings. The molecule has 1 heterocycles. The number of hydrogen-bond donors (Lipinski definition) is 1. The summed E-state index contributed by atoms with van der Waals surface area (Å²) in [5.41, 5.74) is 0.777. The van der Waals surface area contributed by atoms with Crippen molar-refractivity contribution in [3.8, 4) is 11.5 Å². The molecule has 1 aromatic carbocycles. The molecule has 14 heavy (non-hydrogen) atoms. The minimum Gasteiger partial charge on any atom is -0.486 e. The summed E-state index contributed by atoms with van der Waals surface area (Å²) in [5.74, 6) is 1.39. The second kappa shape index (κ2) is 4.19. The van der Waals surface area contributed by atoms with Crippen molar-refractivity contribution in [1.29, 1.82) is 0 Å². The molecule has 0 aliphatic carbocycles. The van der Waals surface area contributed by atoms with E-state index < -0.39 is 6.10 Å². The maximum absolute atomic E-state index is 9.70. The van der Waals surface area contributed by atoms with Crippen LogP contribution in [0, 0.1) is 0 Å². The molecule has 76 valence electrons. The molecule has 0 saturated heterocycles. The molecule has 0 bridgehead atoms. The van der Waals surface area contributed by atoms with Crippen LogP contribution in [0.3, 0.4) is 0 Å². The summed E-state index contributed by atoms with van der Waals surface area (Å²) in [4.78, 5) is 0. The van der Waals surface area contributed by atoms with Crippen LogP contribution in [0.25, 0.3) is 0 Å². The fourth-order valence-electron chi connectivity index (χ4n) is 1.44. The third-order valence-electron chi connectivity index (χ3n) is 2.10. The summed E-state index contributed by atoms with van der Waals surface area (Å²) in [7, 11) is 0. The van der Waals surface area contributed by atoms with Crippen molar-refractivity contribution in [1.82, 2.24) is 0 Å². The van der Waals surface area contributed by atoms with Crippen LogP contribution in [0.15, 0.2) is 18.2 Å². The van der Waals surface area contributed by atoms with Crippen LogP contribution < -0.4 is 9.47 Å². The first kappa shape index (κ1) is 9.80. The largest absolute Gasteiger partial charge is 0.486 e. The molecule has 1 N–H and O–H groups in total. The first-order valence-corrected chi connectivity index (χ1v) is 5.57. The lowest BCUT2D eigenvalue weighted by atomic mass is 10.1. The molecule has 2 rings (SSSR count). The molecule has 0 fully saturated rings. The van der Waals surface area contributed by atoms with Crippen molar-refractivity contribution in [2.45, 2.75) is 6.10 Å². The third kappa shape index (κ3) is 1.72. The van der Waals surface area contributed by atoms with Crippen molar-refractivity contribution in [3.63, 3.8) is 0 Å². The van der Waals surface area contributed by atoms with Gasteiger partial charge in [0.15, 0.2) is 11.5 Å². The highest BCUT2D eigenvalue weighted by molar-refractivity contribution is 9.09. The number of aliphatic hydroxyl groups is 1. The van der Waals surface area contributed by atoms with Gasteiger partial charge in [-0.2, -0.15) is 0 Å². The zero-order valence-electron chi connectivity index (χ0n) is 7.57. The fraction of sp³-hybridized carbons (Fsp3) is 0.400. The quantitative estimate of drug-likeness (QED) is 0.824. The molecule has 4 heteroatoms. The summed E-state index contributed by atoms with van der Waals surface area (Å²) in [5, 5.41) is 10.2. The van der Waals surface area contributed by atoms with Crippen LogP contribution in [-0.4, -0.2) is 23.7 Å². The van der Waals surface area contributed by atoms with Gasteiger partial charge in [0.05, 0.1) is 6.10 Å². The summed E-state index contributed by atoms with van der Waals surface area (Å²) in [6.07, 6.45) is -0.549. The molecule has 1 aromatic rings. The van der Waals surface area contributed by atoms with Crippen LogP contribution in [0.1, 0.15) is 11.7 Å². The number of fused-ring (bicyclic) bond motifs is 1. The first-order chi connectivity index (χ1) is 6.83. The standard InChI is InChI=1S/C10H11BrO3/c11-6-8(12)7-2-1-3-9-10(7)14-5-4-13-9/h1-3,8,12H,4-6H2. The predicted octanol–water partition coefficient (Wildman–Crippen LogP) is 1.89. The van der Waals surface area contributed by atoms with E-state index in [-0.39, 0.29) is 0 Å². The van der Waals surface area contributed by atoms with Crippen LogP contribution in [0.4, 0.5) is 0 Å². The Hall–Kier alpha value is -0.740. The number of aliphatic hydroxyl groups excluding tert-OH is 1. The maximum atomic E-state index is 9.70. The second-order valence-electron chi connectivity index (χ2n) is 3.04. The molecular weight excluding hydrogens is 248 g/mol. The Balaban J connectivity index is 2.39. The Morgan fingerprint density at radius 3 is 2.93 bits per heavy atom. The van der Waals surface area contributed by atoms with Gasteiger partial charge < -0.3 is 14.6 Å². The average Bonchev–Trinajstić information content (AvgIpc) is 2.27. The number of rotatable bonds is 2. The van der Waals surface area contributed by atoms with Gasteiger partial charge in [-0.1, -0.05) is 28.1 Å². The van der Waals surface area contributed by atoms with Crippen LogP contribution in [0.5, 0.6) is 11.5 Å². The minimum atomic E-state index is -0.549. The lowest BCUT2D eigenvalue weighted by Gasteiger charge is -2.22. The maximum Gasteiger partial charge on any atom is 0.167 e. The normalized spacial score (nSPS) is 16.4. The molecular formula is C10H11BrO3. The molecule has 0 amide bonds. The Bertz CT molecular complexity index is 327. The molecule has 1 atom stereocenters. The molecule has 3 nitrogen and oxygen atoms in total. The highest BCUT2D eigenvalue weighted by atomic mass is 79.9. The van der Waals surface area contributed by atoms with E-state index in [9.17, 15) is 5.11 Å². The van der Waals surface area contributed by atoms with E-state index in [2.05, 4.69) is 15.9 Å². The number of benzene rings is 1. The van der Waals surface area contributed by atoms with Crippen molar-refractivity contribution >= 4 is 15.9 Å². The van der Waals surface area contributed by atoms with E-state index >= 15 is 0 Å². The molecule has 1 aliphatic heterocycles. The second-order valence-corrected chi connectivity index (χ2v) is 3.69. The Labute approximate surface area is 90.8 Å². The molecule has 0 radical (unpaired) electrons. The van der Waals surface area contributed by atoms with Crippen molar-refractivity contribution in [2.75, 3.05) is 18.5 Å². The molecule has 0 spiro atoms. The van der Waals surface area contributed by atoms with E-state index in [1.807, 2.05) is 18.2 Å². The smallest absolute Gasteiger partial charge is 0.167 e. The fourth-order valence-corrected chi connectivity index (χ4v) is 1.79. The van der Waals surface area contributed by atoms with E-state index in [0.29, 0.717) is 30.0 Å². The summed E-state index contributed by atoms with van der Waals surface area (Å²) in [6.45, 7) is 1.11. The predicted molar refractivity (Wildman–Crippen MR) is 56.2 cm³/mol. The van der Waals surface area contributed by atoms with Crippen LogP contribution >= 0.6 is 15.9 Å². The number of halogens is 1. The van der Waals surface area contributed by atoms with Gasteiger partial charge in [-0.3, -0.25) is 0 Å². The van der Waals surface area contributed by atoms with Gasteiger partial charge in [-0.15, -0.1) is 0 Å².